The number of ether oxygens (including phenoxy) is 1. The fourth-order valence-electron chi connectivity index (χ4n) is 1.05. The van der Waals surface area contributed by atoms with Crippen LogP contribution >= 0.6 is 22.6 Å². The van der Waals surface area contributed by atoms with E-state index in [1.807, 2.05) is 22.6 Å². The van der Waals surface area contributed by atoms with Gasteiger partial charge in [0, 0.05) is 0 Å². The first-order chi connectivity index (χ1) is 6.65. The lowest BCUT2D eigenvalue weighted by molar-refractivity contribution is -0.142. The first-order valence-corrected chi connectivity index (χ1v) is 5.31. The van der Waals surface area contributed by atoms with Gasteiger partial charge in [-0.15, -0.1) is 0 Å². The van der Waals surface area contributed by atoms with Crippen molar-refractivity contribution < 1.29 is 13.9 Å². The van der Waals surface area contributed by atoms with Crippen molar-refractivity contribution in [1.82, 2.24) is 0 Å². The van der Waals surface area contributed by atoms with E-state index in [0.29, 0.717) is 15.7 Å². The van der Waals surface area contributed by atoms with Crippen molar-refractivity contribution in [3.63, 3.8) is 0 Å². The minimum absolute atomic E-state index is 0.129. The molecule has 0 aliphatic heterocycles. The van der Waals surface area contributed by atoms with Gasteiger partial charge >= 0.3 is 5.97 Å². The smallest absolute Gasteiger partial charge is 0.310 e. The SMILES string of the molecule is CCOC(=O)Cc1cccc(F)c1I. The van der Waals surface area contributed by atoms with E-state index in [1.165, 1.54) is 6.07 Å². The van der Waals surface area contributed by atoms with Crippen molar-refractivity contribution in [2.24, 2.45) is 0 Å². The van der Waals surface area contributed by atoms with E-state index in [9.17, 15) is 9.18 Å². The predicted octanol–water partition coefficient (Wildman–Crippen LogP) is 2.54. The standard InChI is InChI=1S/C10H10FIO2/c1-2-14-9(13)6-7-4-3-5-8(11)10(7)12/h3-5H,2,6H2,1H3. The quantitative estimate of drug-likeness (QED) is 0.633. The van der Waals surface area contributed by atoms with Gasteiger partial charge in [0.05, 0.1) is 16.6 Å². The lowest BCUT2D eigenvalue weighted by Crippen LogP contribution is -2.09. The van der Waals surface area contributed by atoms with Gasteiger partial charge < -0.3 is 4.74 Å². The molecular weight excluding hydrogens is 298 g/mol. The molecule has 0 saturated heterocycles. The molecule has 0 bridgehead atoms. The normalized spacial score (nSPS) is 9.93. The minimum Gasteiger partial charge on any atom is -0.466 e. The van der Waals surface area contributed by atoms with Gasteiger partial charge in [-0.1, -0.05) is 12.1 Å². The van der Waals surface area contributed by atoms with Crippen molar-refractivity contribution in [3.8, 4) is 0 Å². The van der Waals surface area contributed by atoms with Crippen LogP contribution in [0.25, 0.3) is 0 Å². The van der Waals surface area contributed by atoms with E-state index >= 15 is 0 Å². The maximum Gasteiger partial charge on any atom is 0.310 e. The zero-order valence-electron chi connectivity index (χ0n) is 7.72. The number of benzene rings is 1. The Balaban J connectivity index is 2.76. The van der Waals surface area contributed by atoms with Crippen LogP contribution in [-0.2, 0) is 16.0 Å². The largest absolute Gasteiger partial charge is 0.466 e. The summed E-state index contributed by atoms with van der Waals surface area (Å²) in [6.07, 6.45) is 0.129. The Kier molecular flexibility index (Phi) is 4.31. The molecule has 1 rings (SSSR count). The van der Waals surface area contributed by atoms with Gasteiger partial charge in [0.25, 0.3) is 0 Å². The summed E-state index contributed by atoms with van der Waals surface area (Å²) in [6, 6.07) is 4.68. The fourth-order valence-corrected chi connectivity index (χ4v) is 1.60. The Morgan fingerprint density at radius 1 is 1.57 bits per heavy atom. The van der Waals surface area contributed by atoms with Crippen LogP contribution in [0.15, 0.2) is 18.2 Å². The molecule has 0 aliphatic rings. The first kappa shape index (κ1) is 11.4. The molecule has 0 heterocycles. The third-order valence-corrected chi connectivity index (χ3v) is 2.88. The Morgan fingerprint density at radius 3 is 2.93 bits per heavy atom. The van der Waals surface area contributed by atoms with Crippen LogP contribution in [0, 0.1) is 9.39 Å². The molecule has 4 heteroatoms. The summed E-state index contributed by atoms with van der Waals surface area (Å²) in [6.45, 7) is 2.10. The molecule has 0 N–H and O–H groups in total. The number of halogens is 2. The molecule has 76 valence electrons. The third kappa shape index (κ3) is 2.94. The van der Waals surface area contributed by atoms with Crippen molar-refractivity contribution in [1.29, 1.82) is 0 Å². The number of hydrogen-bond donors (Lipinski definition) is 0. The summed E-state index contributed by atoms with van der Waals surface area (Å²) in [5.74, 6) is -0.622. The van der Waals surface area contributed by atoms with E-state index in [0.717, 1.165) is 0 Å². The van der Waals surface area contributed by atoms with Crippen molar-refractivity contribution in [3.05, 3.63) is 33.1 Å². The Bertz CT molecular complexity index is 339. The van der Waals surface area contributed by atoms with E-state index in [4.69, 9.17) is 4.74 Å². The van der Waals surface area contributed by atoms with E-state index in [1.54, 1.807) is 19.1 Å². The van der Waals surface area contributed by atoms with Gasteiger partial charge in [0.2, 0.25) is 0 Å². The molecule has 1 aromatic rings. The molecule has 0 aromatic heterocycles. The van der Waals surface area contributed by atoms with E-state index in [-0.39, 0.29) is 18.2 Å². The first-order valence-electron chi connectivity index (χ1n) is 4.23. The number of hydrogen-bond acceptors (Lipinski definition) is 2. The molecule has 14 heavy (non-hydrogen) atoms. The molecule has 0 spiro atoms. The van der Waals surface area contributed by atoms with Crippen LogP contribution < -0.4 is 0 Å². The summed E-state index contributed by atoms with van der Waals surface area (Å²) >= 11 is 1.88. The average molecular weight is 308 g/mol. The second-order valence-corrected chi connectivity index (χ2v) is 3.77. The molecule has 0 aliphatic carbocycles. The predicted molar refractivity (Wildman–Crippen MR) is 59.5 cm³/mol. The summed E-state index contributed by atoms with van der Waals surface area (Å²) < 4.78 is 18.3. The lowest BCUT2D eigenvalue weighted by atomic mass is 10.1. The van der Waals surface area contributed by atoms with Gasteiger partial charge in [-0.2, -0.15) is 0 Å². The lowest BCUT2D eigenvalue weighted by Gasteiger charge is -2.04. The van der Waals surface area contributed by atoms with Crippen LogP contribution in [0.2, 0.25) is 0 Å². The van der Waals surface area contributed by atoms with Crippen molar-refractivity contribution in [2.45, 2.75) is 13.3 Å². The number of carbonyl (C=O) groups is 1. The maximum absolute atomic E-state index is 13.1. The maximum atomic E-state index is 13.1. The highest BCUT2D eigenvalue weighted by Gasteiger charge is 2.09. The zero-order valence-corrected chi connectivity index (χ0v) is 9.88. The minimum atomic E-state index is -0.323. The zero-order chi connectivity index (χ0) is 10.6. The molecule has 0 unspecified atom stereocenters. The monoisotopic (exact) mass is 308 g/mol. The number of esters is 1. The summed E-state index contributed by atoms with van der Waals surface area (Å²) in [5, 5.41) is 0. The Hall–Kier alpha value is -0.650. The molecule has 1 aromatic carbocycles. The highest BCUT2D eigenvalue weighted by Crippen LogP contribution is 2.16. The number of rotatable bonds is 3. The Morgan fingerprint density at radius 2 is 2.29 bits per heavy atom. The second-order valence-electron chi connectivity index (χ2n) is 2.69. The molecular formula is C10H10FIO2. The second kappa shape index (κ2) is 5.29. The Labute approximate surface area is 95.6 Å². The average Bonchev–Trinajstić information content (AvgIpc) is 2.13. The van der Waals surface area contributed by atoms with Gasteiger partial charge in [-0.05, 0) is 41.1 Å². The van der Waals surface area contributed by atoms with Crippen LogP contribution in [0.5, 0.6) is 0 Å². The third-order valence-electron chi connectivity index (χ3n) is 1.67. The molecule has 0 radical (unpaired) electrons. The van der Waals surface area contributed by atoms with Crippen LogP contribution in [0.1, 0.15) is 12.5 Å². The van der Waals surface area contributed by atoms with Gasteiger partial charge in [0.1, 0.15) is 5.82 Å². The van der Waals surface area contributed by atoms with Gasteiger partial charge in [-0.25, -0.2) is 4.39 Å². The molecule has 0 saturated carbocycles. The van der Waals surface area contributed by atoms with Crippen LogP contribution in [-0.4, -0.2) is 12.6 Å². The van der Waals surface area contributed by atoms with Crippen LogP contribution in [0.3, 0.4) is 0 Å². The van der Waals surface area contributed by atoms with Crippen molar-refractivity contribution >= 4 is 28.6 Å². The summed E-state index contributed by atoms with van der Waals surface area (Å²) in [7, 11) is 0. The van der Waals surface area contributed by atoms with Gasteiger partial charge in [0.15, 0.2) is 0 Å². The fraction of sp³-hybridized carbons (Fsp3) is 0.300. The van der Waals surface area contributed by atoms with E-state index in [2.05, 4.69) is 0 Å². The highest BCUT2D eigenvalue weighted by molar-refractivity contribution is 14.1. The molecule has 0 atom stereocenters. The summed E-state index contributed by atoms with van der Waals surface area (Å²) in [5.41, 5.74) is 0.670. The molecule has 0 fully saturated rings. The van der Waals surface area contributed by atoms with Crippen molar-refractivity contribution in [2.75, 3.05) is 6.61 Å². The highest BCUT2D eigenvalue weighted by atomic mass is 127. The summed E-state index contributed by atoms with van der Waals surface area (Å²) in [4.78, 5) is 11.1. The van der Waals surface area contributed by atoms with E-state index < -0.39 is 0 Å². The topological polar surface area (TPSA) is 26.3 Å². The van der Waals surface area contributed by atoms with Crippen LogP contribution in [0.4, 0.5) is 4.39 Å². The molecule has 0 amide bonds. The molecule has 2 nitrogen and oxygen atoms in total. The van der Waals surface area contributed by atoms with Gasteiger partial charge in [-0.3, -0.25) is 4.79 Å². The number of carbonyl (C=O) groups excluding carboxylic acids is 1.